The first-order chi connectivity index (χ1) is 9.11. The van der Waals surface area contributed by atoms with E-state index in [4.69, 9.17) is 0 Å². The Kier molecular flexibility index (Phi) is 4.11. The van der Waals surface area contributed by atoms with E-state index in [1.165, 1.54) is 30.2 Å². The molecule has 19 heavy (non-hydrogen) atoms. The van der Waals surface area contributed by atoms with Gasteiger partial charge >= 0.3 is 5.97 Å². The molecule has 1 heterocycles. The van der Waals surface area contributed by atoms with Crippen molar-refractivity contribution in [2.45, 2.75) is 6.04 Å². The maximum absolute atomic E-state index is 13.1. The third-order valence-corrected chi connectivity index (χ3v) is 3.02. The second kappa shape index (κ2) is 5.79. The predicted octanol–water partition coefficient (Wildman–Crippen LogP) is 0.413. The lowest BCUT2D eigenvalue weighted by molar-refractivity contribution is -0.144. The van der Waals surface area contributed by atoms with E-state index < -0.39 is 17.8 Å². The lowest BCUT2D eigenvalue weighted by Gasteiger charge is -2.32. The van der Waals surface area contributed by atoms with Crippen LogP contribution in [0.4, 0.5) is 4.39 Å². The molecule has 2 rings (SSSR count). The molecule has 0 bridgehead atoms. The number of esters is 1. The van der Waals surface area contributed by atoms with Crippen molar-refractivity contribution < 1.29 is 18.7 Å². The molecule has 0 unspecified atom stereocenters. The average molecular weight is 266 g/mol. The van der Waals surface area contributed by atoms with Crippen LogP contribution in [0.25, 0.3) is 0 Å². The summed E-state index contributed by atoms with van der Waals surface area (Å²) in [7, 11) is 1.30. The van der Waals surface area contributed by atoms with E-state index in [1.54, 1.807) is 6.07 Å². The van der Waals surface area contributed by atoms with Gasteiger partial charge in [0.1, 0.15) is 11.9 Å². The molecule has 0 aromatic heterocycles. The van der Waals surface area contributed by atoms with Crippen LogP contribution < -0.4 is 5.32 Å². The first kappa shape index (κ1) is 13.5. The van der Waals surface area contributed by atoms with E-state index in [9.17, 15) is 14.0 Å². The van der Waals surface area contributed by atoms with Gasteiger partial charge in [0, 0.05) is 25.2 Å². The molecule has 0 spiro atoms. The van der Waals surface area contributed by atoms with Crippen molar-refractivity contribution in [3.05, 3.63) is 35.6 Å². The number of carbonyl (C=O) groups is 2. The highest BCUT2D eigenvalue weighted by Gasteiger charge is 2.29. The third kappa shape index (κ3) is 3.08. The van der Waals surface area contributed by atoms with Crippen molar-refractivity contribution >= 4 is 11.9 Å². The van der Waals surface area contributed by atoms with Crippen LogP contribution in [0.15, 0.2) is 24.3 Å². The van der Waals surface area contributed by atoms with E-state index >= 15 is 0 Å². The zero-order chi connectivity index (χ0) is 13.8. The van der Waals surface area contributed by atoms with E-state index in [0.717, 1.165) is 0 Å². The van der Waals surface area contributed by atoms with Crippen LogP contribution in [0.2, 0.25) is 0 Å². The van der Waals surface area contributed by atoms with E-state index in [2.05, 4.69) is 10.1 Å². The Morgan fingerprint density at radius 3 is 2.95 bits per heavy atom. The summed E-state index contributed by atoms with van der Waals surface area (Å²) in [4.78, 5) is 25.2. The zero-order valence-corrected chi connectivity index (χ0v) is 10.6. The molecule has 1 fully saturated rings. The summed E-state index contributed by atoms with van der Waals surface area (Å²) in [6.45, 7) is 1.20. The number of ether oxygens (including phenoxy) is 1. The minimum atomic E-state index is -0.531. The second-order valence-corrected chi connectivity index (χ2v) is 4.29. The number of nitrogens with one attached hydrogen (secondary N) is 1. The Balaban J connectivity index is 2.09. The Labute approximate surface area is 110 Å². The number of methoxy groups -OCH3 is 1. The first-order valence-electron chi connectivity index (χ1n) is 5.98. The highest BCUT2D eigenvalue weighted by Crippen LogP contribution is 2.10. The smallest absolute Gasteiger partial charge is 0.324 e. The van der Waals surface area contributed by atoms with Gasteiger partial charge in [-0.1, -0.05) is 6.07 Å². The molecule has 0 saturated carbocycles. The zero-order valence-electron chi connectivity index (χ0n) is 10.6. The van der Waals surface area contributed by atoms with Crippen LogP contribution in [0.1, 0.15) is 10.4 Å². The normalized spacial score (nSPS) is 19.1. The van der Waals surface area contributed by atoms with Crippen LogP contribution >= 0.6 is 0 Å². The fourth-order valence-electron chi connectivity index (χ4n) is 2.04. The molecule has 5 nitrogen and oxygen atoms in total. The maximum atomic E-state index is 13.1. The average Bonchev–Trinajstić information content (AvgIpc) is 2.45. The van der Waals surface area contributed by atoms with Crippen LogP contribution in [-0.4, -0.2) is 49.6 Å². The number of halogens is 1. The summed E-state index contributed by atoms with van der Waals surface area (Å²) in [5.41, 5.74) is 0.283. The number of piperazine rings is 1. The molecule has 1 atom stereocenters. The summed E-state index contributed by atoms with van der Waals surface area (Å²) in [5.74, 6) is -1.14. The Hall–Kier alpha value is -1.95. The molecule has 6 heteroatoms. The topological polar surface area (TPSA) is 58.6 Å². The van der Waals surface area contributed by atoms with Crippen molar-refractivity contribution in [3.8, 4) is 0 Å². The Morgan fingerprint density at radius 1 is 1.47 bits per heavy atom. The highest BCUT2D eigenvalue weighted by molar-refractivity contribution is 5.94. The van der Waals surface area contributed by atoms with Gasteiger partial charge in [-0.15, -0.1) is 0 Å². The third-order valence-electron chi connectivity index (χ3n) is 3.02. The molecule has 1 aromatic rings. The molecule has 1 aromatic carbocycles. The van der Waals surface area contributed by atoms with Gasteiger partial charge in [-0.3, -0.25) is 9.59 Å². The van der Waals surface area contributed by atoms with Crippen molar-refractivity contribution in [2.24, 2.45) is 0 Å². The Bertz CT molecular complexity index is 493. The molecular weight excluding hydrogens is 251 g/mol. The molecule has 1 saturated heterocycles. The molecule has 0 radical (unpaired) electrons. The van der Waals surface area contributed by atoms with Gasteiger partial charge in [-0.2, -0.15) is 0 Å². The highest BCUT2D eigenvalue weighted by atomic mass is 19.1. The van der Waals surface area contributed by atoms with E-state index in [0.29, 0.717) is 13.1 Å². The fourth-order valence-corrected chi connectivity index (χ4v) is 2.04. The van der Waals surface area contributed by atoms with Gasteiger partial charge in [0.15, 0.2) is 0 Å². The van der Waals surface area contributed by atoms with Crippen LogP contribution in [0.3, 0.4) is 0 Å². The fraction of sp³-hybridized carbons (Fsp3) is 0.385. The summed E-state index contributed by atoms with van der Waals surface area (Å²) in [6, 6.07) is 4.99. The lowest BCUT2D eigenvalue weighted by Crippen LogP contribution is -2.56. The molecule has 102 valence electrons. The van der Waals surface area contributed by atoms with E-state index in [1.807, 2.05) is 0 Å². The minimum Gasteiger partial charge on any atom is -0.468 e. The predicted molar refractivity (Wildman–Crippen MR) is 66.1 cm³/mol. The molecule has 1 aliphatic heterocycles. The molecular formula is C13H15FN2O3. The van der Waals surface area contributed by atoms with E-state index in [-0.39, 0.29) is 18.0 Å². The number of benzene rings is 1. The Morgan fingerprint density at radius 2 is 2.26 bits per heavy atom. The van der Waals surface area contributed by atoms with Crippen LogP contribution in [0.5, 0.6) is 0 Å². The maximum Gasteiger partial charge on any atom is 0.324 e. The largest absolute Gasteiger partial charge is 0.468 e. The monoisotopic (exact) mass is 266 g/mol. The first-order valence-corrected chi connectivity index (χ1v) is 5.98. The summed E-state index contributed by atoms with van der Waals surface area (Å²) in [5, 5.41) is 2.97. The van der Waals surface area contributed by atoms with Crippen molar-refractivity contribution in [1.82, 2.24) is 10.2 Å². The number of carbonyl (C=O) groups excluding carboxylic acids is 2. The summed E-state index contributed by atoms with van der Waals surface area (Å²) < 4.78 is 17.7. The molecule has 1 N–H and O–H groups in total. The SMILES string of the molecule is COC(=O)[C@H]1CN(C(=O)c2cccc(F)c2)CCN1. The van der Waals surface area contributed by atoms with Crippen LogP contribution in [-0.2, 0) is 9.53 Å². The summed E-state index contributed by atoms with van der Waals surface area (Å²) >= 11 is 0. The minimum absolute atomic E-state index is 0.224. The lowest BCUT2D eigenvalue weighted by atomic mass is 10.1. The summed E-state index contributed by atoms with van der Waals surface area (Å²) in [6.07, 6.45) is 0. The van der Waals surface area contributed by atoms with Crippen molar-refractivity contribution in [2.75, 3.05) is 26.7 Å². The number of hydrogen-bond donors (Lipinski definition) is 1. The van der Waals surface area contributed by atoms with Gasteiger partial charge in [0.2, 0.25) is 0 Å². The number of amides is 1. The number of nitrogens with zero attached hydrogens (tertiary/aromatic N) is 1. The van der Waals surface area contributed by atoms with Gasteiger partial charge in [0.25, 0.3) is 5.91 Å². The molecule has 1 aliphatic rings. The quantitative estimate of drug-likeness (QED) is 0.788. The van der Waals surface area contributed by atoms with Gasteiger partial charge in [-0.25, -0.2) is 4.39 Å². The molecule has 1 amide bonds. The van der Waals surface area contributed by atoms with Crippen LogP contribution in [0, 0.1) is 5.82 Å². The van der Waals surface area contributed by atoms with Gasteiger partial charge in [0.05, 0.1) is 7.11 Å². The van der Waals surface area contributed by atoms with Gasteiger partial charge in [-0.05, 0) is 18.2 Å². The molecule has 0 aliphatic carbocycles. The number of hydrogen-bond acceptors (Lipinski definition) is 4. The van der Waals surface area contributed by atoms with Crippen molar-refractivity contribution in [3.63, 3.8) is 0 Å². The van der Waals surface area contributed by atoms with Gasteiger partial charge < -0.3 is 15.0 Å². The number of rotatable bonds is 2. The second-order valence-electron chi connectivity index (χ2n) is 4.29. The van der Waals surface area contributed by atoms with Crippen molar-refractivity contribution in [1.29, 1.82) is 0 Å². The standard InChI is InChI=1S/C13H15FN2O3/c1-19-13(18)11-8-16(6-5-15-11)12(17)9-3-2-4-10(14)7-9/h2-4,7,11,15H,5-6,8H2,1H3/t11-/m1/s1.